The largest absolute Gasteiger partial charge is 0.489 e. The molecule has 164 valence electrons. The van der Waals surface area contributed by atoms with Crippen molar-refractivity contribution in [1.29, 1.82) is 0 Å². The third-order valence-electron chi connectivity index (χ3n) is 7.40. The van der Waals surface area contributed by atoms with Gasteiger partial charge in [0.25, 0.3) is 0 Å². The lowest BCUT2D eigenvalue weighted by Gasteiger charge is -2.32. The number of hydrogen-bond acceptors (Lipinski definition) is 2. The summed E-state index contributed by atoms with van der Waals surface area (Å²) in [6.45, 7) is 13.7. The molecule has 1 unspecified atom stereocenters. The summed E-state index contributed by atoms with van der Waals surface area (Å²) in [6, 6.07) is 15.7. The molecule has 2 aliphatic carbocycles. The highest BCUT2D eigenvalue weighted by Gasteiger charge is 2.41. The van der Waals surface area contributed by atoms with Crippen LogP contribution in [-0.2, 0) is 0 Å². The monoisotopic (exact) mass is 439 g/mol. The summed E-state index contributed by atoms with van der Waals surface area (Å²) in [4.78, 5) is 2.61. The van der Waals surface area contributed by atoms with Gasteiger partial charge in [0.15, 0.2) is 0 Å². The average molecular weight is 440 g/mol. The van der Waals surface area contributed by atoms with Crippen LogP contribution in [0, 0.1) is 6.92 Å². The highest BCUT2D eigenvalue weighted by Crippen LogP contribution is 2.45. The molecule has 2 aromatic rings. The zero-order valence-electron chi connectivity index (χ0n) is 19.5. The summed E-state index contributed by atoms with van der Waals surface area (Å²) in [6.07, 6.45) is 11.5. The van der Waals surface area contributed by atoms with Gasteiger partial charge in [0, 0.05) is 29.9 Å². The summed E-state index contributed by atoms with van der Waals surface area (Å²) in [5.74, 6) is 1.06. The number of ether oxygens (including phenoxy) is 1. The summed E-state index contributed by atoms with van der Waals surface area (Å²) in [5, 5.41) is 1.40. The third kappa shape index (κ3) is 3.49. The summed E-state index contributed by atoms with van der Waals surface area (Å²) in [5.41, 5.74) is 9.13. The SMILES string of the molecule is C=CCOc1c(C)cccc1[Si](C)(C)C1C=C(N2CC3=C(CCC=C3)C2)c2ccccc21. The van der Waals surface area contributed by atoms with E-state index in [0.29, 0.717) is 12.1 Å². The topological polar surface area (TPSA) is 12.5 Å². The number of nitrogens with zero attached hydrogens (tertiary/aromatic N) is 1. The lowest BCUT2D eigenvalue weighted by molar-refractivity contribution is 0.363. The van der Waals surface area contributed by atoms with Gasteiger partial charge in [-0.1, -0.05) is 86.4 Å². The van der Waals surface area contributed by atoms with E-state index in [9.17, 15) is 0 Å². The first-order valence-electron chi connectivity index (χ1n) is 11.8. The number of aryl methyl sites for hydroxylation is 1. The number of benzene rings is 2. The van der Waals surface area contributed by atoms with E-state index in [1.807, 2.05) is 6.08 Å². The zero-order chi connectivity index (χ0) is 22.3. The summed E-state index contributed by atoms with van der Waals surface area (Å²) in [7, 11) is -1.94. The van der Waals surface area contributed by atoms with Crippen LogP contribution in [0.3, 0.4) is 0 Å². The van der Waals surface area contributed by atoms with Crippen LogP contribution in [0.15, 0.2) is 84.5 Å². The van der Waals surface area contributed by atoms with Crippen molar-refractivity contribution < 1.29 is 4.74 Å². The van der Waals surface area contributed by atoms with E-state index >= 15 is 0 Å². The predicted octanol–water partition coefficient (Wildman–Crippen LogP) is 6.11. The summed E-state index contributed by atoms with van der Waals surface area (Å²) < 4.78 is 6.21. The smallest absolute Gasteiger partial charge is 0.121 e. The van der Waals surface area contributed by atoms with Crippen molar-refractivity contribution in [2.24, 2.45) is 0 Å². The molecule has 1 atom stereocenters. The first-order chi connectivity index (χ1) is 15.5. The summed E-state index contributed by atoms with van der Waals surface area (Å²) >= 11 is 0. The van der Waals surface area contributed by atoms with Gasteiger partial charge in [-0.25, -0.2) is 0 Å². The lowest BCUT2D eigenvalue weighted by Crippen LogP contribution is -2.47. The van der Waals surface area contributed by atoms with Crippen molar-refractivity contribution in [2.75, 3.05) is 19.7 Å². The Kier molecular flexibility index (Phi) is 5.46. The molecule has 0 saturated carbocycles. The maximum absolute atomic E-state index is 6.21. The number of fused-ring (bicyclic) bond motifs is 1. The Hall–Kier alpha value is -2.78. The Morgan fingerprint density at radius 3 is 2.78 bits per heavy atom. The molecule has 3 heteroatoms. The van der Waals surface area contributed by atoms with Gasteiger partial charge in [0.05, 0.1) is 8.07 Å². The molecule has 0 spiro atoms. The van der Waals surface area contributed by atoms with Crippen LogP contribution < -0.4 is 9.92 Å². The third-order valence-corrected chi connectivity index (χ3v) is 11.2. The van der Waals surface area contributed by atoms with Crippen molar-refractivity contribution in [3.8, 4) is 5.75 Å². The van der Waals surface area contributed by atoms with Gasteiger partial charge in [-0.2, -0.15) is 0 Å². The number of allylic oxidation sites excluding steroid dienone is 2. The normalized spacial score (nSPS) is 19.7. The van der Waals surface area contributed by atoms with Crippen LogP contribution in [0.2, 0.25) is 13.1 Å². The van der Waals surface area contributed by atoms with Crippen LogP contribution in [0.25, 0.3) is 5.70 Å². The molecule has 2 aromatic carbocycles. The predicted molar refractivity (Wildman–Crippen MR) is 138 cm³/mol. The highest BCUT2D eigenvalue weighted by molar-refractivity contribution is 6.92. The van der Waals surface area contributed by atoms with Crippen LogP contribution >= 0.6 is 0 Å². The fourth-order valence-electron chi connectivity index (χ4n) is 5.64. The second-order valence-corrected chi connectivity index (χ2v) is 14.4. The number of rotatable bonds is 6. The second-order valence-electron chi connectivity index (χ2n) is 9.82. The van der Waals surface area contributed by atoms with E-state index in [1.54, 1.807) is 5.57 Å². The van der Waals surface area contributed by atoms with Gasteiger partial charge >= 0.3 is 0 Å². The van der Waals surface area contributed by atoms with Gasteiger partial charge in [-0.3, -0.25) is 0 Å². The van der Waals surface area contributed by atoms with E-state index in [1.165, 1.54) is 46.0 Å². The molecule has 0 fully saturated rings. The minimum absolute atomic E-state index is 0.426. The Labute approximate surface area is 193 Å². The minimum atomic E-state index is -1.94. The van der Waals surface area contributed by atoms with Crippen LogP contribution in [0.1, 0.15) is 35.1 Å². The Bertz CT molecular complexity index is 1150. The maximum Gasteiger partial charge on any atom is 0.121 e. The van der Waals surface area contributed by atoms with Gasteiger partial charge in [-0.05, 0) is 47.2 Å². The van der Waals surface area contributed by atoms with Crippen LogP contribution in [0.4, 0.5) is 0 Å². The van der Waals surface area contributed by atoms with Crippen LogP contribution in [0.5, 0.6) is 5.75 Å². The van der Waals surface area contributed by atoms with Crippen molar-refractivity contribution in [3.05, 3.63) is 101 Å². The number of hydrogen-bond donors (Lipinski definition) is 0. The van der Waals surface area contributed by atoms with Crippen molar-refractivity contribution >= 4 is 19.0 Å². The van der Waals surface area contributed by atoms with E-state index in [4.69, 9.17) is 4.74 Å². The molecular weight excluding hydrogens is 406 g/mol. The zero-order valence-corrected chi connectivity index (χ0v) is 20.5. The maximum atomic E-state index is 6.21. The Morgan fingerprint density at radius 1 is 1.12 bits per heavy atom. The molecule has 0 bridgehead atoms. The molecule has 0 radical (unpaired) electrons. The first-order valence-corrected chi connectivity index (χ1v) is 14.9. The molecule has 0 N–H and O–H groups in total. The fraction of sp³-hybridized carbons (Fsp3) is 0.310. The quantitative estimate of drug-likeness (QED) is 0.397. The van der Waals surface area contributed by atoms with E-state index in [0.717, 1.165) is 18.8 Å². The molecule has 0 aromatic heterocycles. The van der Waals surface area contributed by atoms with Gasteiger partial charge in [0.2, 0.25) is 0 Å². The molecule has 0 amide bonds. The first kappa shape index (κ1) is 21.1. The molecule has 2 nitrogen and oxygen atoms in total. The standard InChI is InChI=1S/C29H33NOSi/c1-5-17-31-29-21(2)11-10-16-27(29)32(3,4)28-18-26(24-14-8-9-15-25(24)28)30-19-22-12-6-7-13-23(22)20-30/h5-6,8-12,14-16,18,28H,1,7,13,17,19-20H2,2-4H3. The van der Waals surface area contributed by atoms with Gasteiger partial charge < -0.3 is 9.64 Å². The van der Waals surface area contributed by atoms with E-state index in [-0.39, 0.29) is 0 Å². The molecule has 5 rings (SSSR count). The molecular formula is C29H33NOSi. The Balaban J connectivity index is 1.54. The fourth-order valence-corrected chi connectivity index (χ4v) is 8.96. The number of para-hydroxylation sites is 1. The Morgan fingerprint density at radius 2 is 1.97 bits per heavy atom. The van der Waals surface area contributed by atoms with Gasteiger partial charge in [0.1, 0.15) is 12.4 Å². The van der Waals surface area contributed by atoms with Crippen LogP contribution in [-0.4, -0.2) is 32.7 Å². The van der Waals surface area contributed by atoms with Crippen molar-refractivity contribution in [2.45, 2.75) is 38.4 Å². The van der Waals surface area contributed by atoms with Crippen molar-refractivity contribution in [1.82, 2.24) is 4.90 Å². The molecule has 0 saturated heterocycles. The minimum Gasteiger partial charge on any atom is -0.489 e. The lowest BCUT2D eigenvalue weighted by atomic mass is 10.0. The molecule has 32 heavy (non-hydrogen) atoms. The van der Waals surface area contributed by atoms with Gasteiger partial charge in [-0.15, -0.1) is 0 Å². The van der Waals surface area contributed by atoms with E-state index < -0.39 is 8.07 Å². The highest BCUT2D eigenvalue weighted by atomic mass is 28.3. The molecule has 1 heterocycles. The molecule has 3 aliphatic rings. The molecule has 1 aliphatic heterocycles. The van der Waals surface area contributed by atoms with Crippen molar-refractivity contribution in [3.63, 3.8) is 0 Å². The second kappa shape index (κ2) is 8.29. The average Bonchev–Trinajstić information content (AvgIpc) is 3.40. The van der Waals surface area contributed by atoms with E-state index in [2.05, 4.69) is 92.2 Å².